The van der Waals surface area contributed by atoms with Crippen LogP contribution in [0.4, 0.5) is 0 Å². The lowest BCUT2D eigenvalue weighted by molar-refractivity contribution is 0.586. The lowest BCUT2D eigenvalue weighted by Crippen LogP contribution is -2.36. The average molecular weight is 359 g/mol. The fourth-order valence-electron chi connectivity index (χ4n) is 2.23. The van der Waals surface area contributed by atoms with E-state index in [1.54, 1.807) is 0 Å². The number of hydrogen-bond donors (Lipinski definition) is 0. The molecule has 1 aliphatic rings. The third kappa shape index (κ3) is 2.16. The highest BCUT2D eigenvalue weighted by molar-refractivity contribution is 9.10. The highest BCUT2D eigenvalue weighted by Gasteiger charge is 2.17. The fourth-order valence-corrected chi connectivity index (χ4v) is 3.26. The molecule has 0 aliphatic carbocycles. The maximum absolute atomic E-state index is 6.22. The van der Waals surface area contributed by atoms with Gasteiger partial charge in [-0.3, -0.25) is 4.99 Å². The second-order valence-corrected chi connectivity index (χ2v) is 6.24. The van der Waals surface area contributed by atoms with E-state index in [-0.39, 0.29) is 11.3 Å². The van der Waals surface area contributed by atoms with Crippen molar-refractivity contribution in [1.82, 2.24) is 9.97 Å². The van der Waals surface area contributed by atoms with Gasteiger partial charge >= 0.3 is 0 Å². The van der Waals surface area contributed by atoms with Crippen LogP contribution < -0.4 is 10.6 Å². The number of benzene rings is 1. The van der Waals surface area contributed by atoms with Crippen LogP contribution in [0.3, 0.4) is 0 Å². The molecule has 0 bridgehead atoms. The van der Waals surface area contributed by atoms with Gasteiger partial charge in [0.05, 0.1) is 16.9 Å². The molecule has 3 rings (SSSR count). The van der Waals surface area contributed by atoms with Gasteiger partial charge in [-0.2, -0.15) is 0 Å². The van der Waals surface area contributed by atoms with Gasteiger partial charge in [0.1, 0.15) is 5.15 Å². The molecule has 2 heterocycles. The van der Waals surface area contributed by atoms with Crippen LogP contribution in [0.15, 0.2) is 15.5 Å². The van der Waals surface area contributed by atoms with Gasteiger partial charge in [-0.25, -0.2) is 9.97 Å². The molecule has 0 N–H and O–H groups in total. The number of hydrogen-bond acceptors (Lipinski definition) is 3. The lowest BCUT2D eigenvalue weighted by atomic mass is 9.98. The number of halogens is 3. The molecular formula is C13H10BrCl2N3. The van der Waals surface area contributed by atoms with Gasteiger partial charge in [-0.05, 0) is 46.4 Å². The van der Waals surface area contributed by atoms with E-state index in [2.05, 4.69) is 45.8 Å². The Morgan fingerprint density at radius 1 is 1.21 bits per heavy atom. The first kappa shape index (κ1) is 13.3. The normalized spacial score (nSPS) is 21.7. The Morgan fingerprint density at radius 2 is 1.95 bits per heavy atom. The highest BCUT2D eigenvalue weighted by Crippen LogP contribution is 2.22. The third-order valence-electron chi connectivity index (χ3n) is 3.40. The Kier molecular flexibility index (Phi) is 3.28. The molecular weight excluding hydrogens is 349 g/mol. The largest absolute Gasteiger partial charge is 0.280 e. The summed E-state index contributed by atoms with van der Waals surface area (Å²) in [7, 11) is 0. The molecule has 0 amide bonds. The van der Waals surface area contributed by atoms with Crippen molar-refractivity contribution in [3.8, 4) is 0 Å². The Labute approximate surface area is 128 Å². The first-order chi connectivity index (χ1) is 8.97. The molecule has 1 aromatic heterocycles. The van der Waals surface area contributed by atoms with Crippen LogP contribution in [-0.2, 0) is 0 Å². The first-order valence-electron chi connectivity index (χ1n) is 5.88. The maximum Gasteiger partial charge on any atom is 0.224 e. The quantitative estimate of drug-likeness (QED) is 0.536. The number of nitrogens with zero attached hydrogens (tertiary/aromatic N) is 3. The minimum absolute atomic E-state index is 0.151. The van der Waals surface area contributed by atoms with E-state index in [0.29, 0.717) is 11.1 Å². The summed E-state index contributed by atoms with van der Waals surface area (Å²) in [5, 5.41) is 3.22. The lowest BCUT2D eigenvalue weighted by Gasteiger charge is -2.17. The Balaban J connectivity index is 2.57. The van der Waals surface area contributed by atoms with Gasteiger partial charge < -0.3 is 0 Å². The molecule has 0 fully saturated rings. The van der Waals surface area contributed by atoms with Crippen LogP contribution >= 0.6 is 39.1 Å². The van der Waals surface area contributed by atoms with E-state index in [4.69, 9.17) is 28.2 Å². The highest BCUT2D eigenvalue weighted by atomic mass is 79.9. The van der Waals surface area contributed by atoms with Crippen molar-refractivity contribution in [3.63, 3.8) is 0 Å². The zero-order valence-electron chi connectivity index (χ0n) is 10.3. The predicted molar refractivity (Wildman–Crippen MR) is 81.1 cm³/mol. The molecule has 2 atom stereocenters. The van der Waals surface area contributed by atoms with Gasteiger partial charge in [0, 0.05) is 15.1 Å². The summed E-state index contributed by atoms with van der Waals surface area (Å²) in [6, 6.07) is 2.13. The molecule has 0 saturated heterocycles. The van der Waals surface area contributed by atoms with Crippen molar-refractivity contribution in [1.29, 1.82) is 0 Å². The molecule has 1 aromatic carbocycles. The van der Waals surface area contributed by atoms with Crippen LogP contribution in [-0.4, -0.2) is 16.0 Å². The van der Waals surface area contributed by atoms with Crippen LogP contribution in [0.25, 0.3) is 17.0 Å². The van der Waals surface area contributed by atoms with E-state index < -0.39 is 0 Å². The summed E-state index contributed by atoms with van der Waals surface area (Å²) >= 11 is 15.6. The molecule has 19 heavy (non-hydrogen) atoms. The van der Waals surface area contributed by atoms with Crippen molar-refractivity contribution < 1.29 is 0 Å². The molecule has 1 aliphatic heterocycles. The number of rotatable bonds is 0. The van der Waals surface area contributed by atoms with Crippen molar-refractivity contribution in [3.05, 3.63) is 31.6 Å². The van der Waals surface area contributed by atoms with Crippen LogP contribution in [0.2, 0.25) is 10.4 Å². The summed E-state index contributed by atoms with van der Waals surface area (Å²) in [5.74, 6) is 0.344. The summed E-state index contributed by atoms with van der Waals surface area (Å²) in [6.45, 7) is 4.23. The topological polar surface area (TPSA) is 38.1 Å². The molecule has 98 valence electrons. The van der Waals surface area contributed by atoms with Crippen LogP contribution in [0.5, 0.6) is 0 Å². The molecule has 0 radical (unpaired) electrons. The van der Waals surface area contributed by atoms with Crippen LogP contribution in [0.1, 0.15) is 13.8 Å². The van der Waals surface area contributed by atoms with E-state index in [0.717, 1.165) is 26.0 Å². The molecule has 2 aromatic rings. The number of aromatic nitrogens is 2. The second kappa shape index (κ2) is 4.69. The standard InChI is InChI=1S/C13H10BrCl2N3/c1-5-3-7-10-9(18-13(16)19-12(10)15)4-8(14)11(7)17-6(5)2/h3-6H,1-2H3. The zero-order chi connectivity index (χ0) is 13.7. The summed E-state index contributed by atoms with van der Waals surface area (Å²) < 4.78 is 0.899. The smallest absolute Gasteiger partial charge is 0.224 e. The molecule has 6 heteroatoms. The molecule has 0 saturated carbocycles. The predicted octanol–water partition coefficient (Wildman–Crippen LogP) is 3.14. The van der Waals surface area contributed by atoms with Crippen molar-refractivity contribution in [2.45, 2.75) is 19.9 Å². The van der Waals surface area contributed by atoms with E-state index in [1.807, 2.05) is 6.07 Å². The Hall–Kier alpha value is -0.710. The SMILES string of the molecule is CC1C=c2c(c(Br)cc3nc(Cl)nc(Cl)c23)=NC1C. The van der Waals surface area contributed by atoms with Gasteiger partial charge in [0.2, 0.25) is 5.28 Å². The molecule has 3 nitrogen and oxygen atoms in total. The Bertz CT molecular complexity index is 804. The van der Waals surface area contributed by atoms with Crippen molar-refractivity contribution in [2.24, 2.45) is 10.9 Å². The molecule has 0 spiro atoms. The maximum atomic E-state index is 6.22. The van der Waals surface area contributed by atoms with Gasteiger partial charge in [0.15, 0.2) is 0 Å². The first-order valence-corrected chi connectivity index (χ1v) is 7.43. The van der Waals surface area contributed by atoms with E-state index >= 15 is 0 Å². The van der Waals surface area contributed by atoms with Gasteiger partial charge in [-0.1, -0.05) is 24.6 Å². The van der Waals surface area contributed by atoms with Crippen LogP contribution in [0, 0.1) is 5.92 Å². The minimum Gasteiger partial charge on any atom is -0.280 e. The third-order valence-corrected chi connectivity index (χ3v) is 4.45. The average Bonchev–Trinajstić information content (AvgIpc) is 2.31. The monoisotopic (exact) mass is 357 g/mol. The van der Waals surface area contributed by atoms with E-state index in [1.165, 1.54) is 0 Å². The van der Waals surface area contributed by atoms with E-state index in [9.17, 15) is 0 Å². The summed E-state index contributed by atoms with van der Waals surface area (Å²) in [6.07, 6.45) is 2.17. The minimum atomic E-state index is 0.151. The summed E-state index contributed by atoms with van der Waals surface area (Å²) in [5.41, 5.74) is 0.726. The zero-order valence-corrected chi connectivity index (χ0v) is 13.4. The summed E-state index contributed by atoms with van der Waals surface area (Å²) in [4.78, 5) is 13.0. The van der Waals surface area contributed by atoms with Gasteiger partial charge in [0.25, 0.3) is 0 Å². The number of fused-ring (bicyclic) bond motifs is 3. The fraction of sp³-hybridized carbons (Fsp3) is 0.308. The Morgan fingerprint density at radius 3 is 2.68 bits per heavy atom. The molecule has 2 unspecified atom stereocenters. The second-order valence-electron chi connectivity index (χ2n) is 4.69. The van der Waals surface area contributed by atoms with Crippen molar-refractivity contribution >= 4 is 56.1 Å². The van der Waals surface area contributed by atoms with Crippen molar-refractivity contribution in [2.75, 3.05) is 0 Å². The van der Waals surface area contributed by atoms with Gasteiger partial charge in [-0.15, -0.1) is 0 Å².